The number of hydrogen-bond donors (Lipinski definition) is 1. The normalized spacial score (nSPS) is 10.6. The molecular formula is C20H16N4O. The lowest BCUT2D eigenvalue weighted by atomic mass is 10.3. The molecule has 0 fully saturated rings. The number of pyridine rings is 1. The molecule has 0 saturated heterocycles. The van der Waals surface area contributed by atoms with Crippen LogP contribution in [-0.2, 0) is 6.61 Å². The van der Waals surface area contributed by atoms with Crippen LogP contribution in [0.15, 0.2) is 79.3 Å². The highest BCUT2D eigenvalue weighted by atomic mass is 16.5. The molecule has 0 bridgehead atoms. The van der Waals surface area contributed by atoms with Crippen LogP contribution in [0.3, 0.4) is 0 Å². The summed E-state index contributed by atoms with van der Waals surface area (Å²) in [5, 5.41) is 3.27. The monoisotopic (exact) mass is 328 g/mol. The first kappa shape index (κ1) is 15.1. The molecule has 2 aromatic heterocycles. The standard InChI is InChI=1S/C20H16N4O/c1-2-9-19-18(8-1)22-13-20(24-19)23-16-6-3-7-17(11-16)25-14-15-5-4-10-21-12-15/h1-13H,14H2,(H,23,24). The highest BCUT2D eigenvalue weighted by Gasteiger charge is 2.02. The number of rotatable bonds is 5. The molecule has 0 aliphatic rings. The van der Waals surface area contributed by atoms with Gasteiger partial charge in [-0.2, -0.15) is 0 Å². The highest BCUT2D eigenvalue weighted by Crippen LogP contribution is 2.22. The van der Waals surface area contributed by atoms with Crippen molar-refractivity contribution in [2.45, 2.75) is 6.61 Å². The van der Waals surface area contributed by atoms with Gasteiger partial charge >= 0.3 is 0 Å². The van der Waals surface area contributed by atoms with Crippen molar-refractivity contribution in [3.63, 3.8) is 0 Å². The minimum Gasteiger partial charge on any atom is -0.489 e. The fraction of sp³-hybridized carbons (Fsp3) is 0.0500. The lowest BCUT2D eigenvalue weighted by molar-refractivity contribution is 0.306. The number of para-hydroxylation sites is 2. The Morgan fingerprint density at radius 1 is 0.880 bits per heavy atom. The zero-order valence-corrected chi connectivity index (χ0v) is 13.5. The fourth-order valence-electron chi connectivity index (χ4n) is 2.48. The lowest BCUT2D eigenvalue weighted by Gasteiger charge is -2.10. The number of aromatic nitrogens is 3. The third-order valence-corrected chi connectivity index (χ3v) is 3.68. The summed E-state index contributed by atoms with van der Waals surface area (Å²) >= 11 is 0. The van der Waals surface area contributed by atoms with E-state index >= 15 is 0 Å². The van der Waals surface area contributed by atoms with Crippen LogP contribution in [-0.4, -0.2) is 15.0 Å². The van der Waals surface area contributed by atoms with Crippen LogP contribution in [0.25, 0.3) is 11.0 Å². The van der Waals surface area contributed by atoms with Gasteiger partial charge in [-0.05, 0) is 30.3 Å². The van der Waals surface area contributed by atoms with E-state index < -0.39 is 0 Å². The third kappa shape index (κ3) is 3.72. The average Bonchev–Trinajstić information content (AvgIpc) is 2.67. The zero-order valence-electron chi connectivity index (χ0n) is 13.5. The number of benzene rings is 2. The fourth-order valence-corrected chi connectivity index (χ4v) is 2.48. The Morgan fingerprint density at radius 2 is 1.80 bits per heavy atom. The van der Waals surface area contributed by atoms with E-state index in [1.807, 2.05) is 60.7 Å². The van der Waals surface area contributed by atoms with Gasteiger partial charge in [0.25, 0.3) is 0 Å². The molecule has 122 valence electrons. The molecule has 1 N–H and O–H groups in total. The van der Waals surface area contributed by atoms with Gasteiger partial charge < -0.3 is 10.1 Å². The van der Waals surface area contributed by atoms with Crippen LogP contribution in [0.5, 0.6) is 5.75 Å². The molecule has 0 spiro atoms. The highest BCUT2D eigenvalue weighted by molar-refractivity contribution is 5.76. The van der Waals surface area contributed by atoms with Crippen LogP contribution in [0, 0.1) is 0 Å². The molecule has 4 rings (SSSR count). The maximum Gasteiger partial charge on any atom is 0.149 e. The lowest BCUT2D eigenvalue weighted by Crippen LogP contribution is -1.98. The first-order valence-electron chi connectivity index (χ1n) is 7.97. The minimum absolute atomic E-state index is 0.479. The summed E-state index contributed by atoms with van der Waals surface area (Å²) in [7, 11) is 0. The molecule has 25 heavy (non-hydrogen) atoms. The van der Waals surface area contributed by atoms with E-state index in [0.717, 1.165) is 28.0 Å². The molecule has 0 radical (unpaired) electrons. The van der Waals surface area contributed by atoms with E-state index in [1.54, 1.807) is 18.6 Å². The molecule has 0 unspecified atom stereocenters. The van der Waals surface area contributed by atoms with Crippen molar-refractivity contribution in [1.82, 2.24) is 15.0 Å². The zero-order chi connectivity index (χ0) is 16.9. The van der Waals surface area contributed by atoms with Crippen LogP contribution in [0.2, 0.25) is 0 Å². The van der Waals surface area contributed by atoms with E-state index in [9.17, 15) is 0 Å². The summed E-state index contributed by atoms with van der Waals surface area (Å²) < 4.78 is 5.82. The van der Waals surface area contributed by atoms with Crippen molar-refractivity contribution in [1.29, 1.82) is 0 Å². The minimum atomic E-state index is 0.479. The SMILES string of the molecule is c1cncc(COc2cccc(Nc3cnc4ccccc4n3)c2)c1. The van der Waals surface area contributed by atoms with Crippen LogP contribution in [0.4, 0.5) is 11.5 Å². The van der Waals surface area contributed by atoms with Gasteiger partial charge in [0.2, 0.25) is 0 Å². The third-order valence-electron chi connectivity index (χ3n) is 3.68. The van der Waals surface area contributed by atoms with Gasteiger partial charge in [0.1, 0.15) is 18.2 Å². The topological polar surface area (TPSA) is 59.9 Å². The summed E-state index contributed by atoms with van der Waals surface area (Å²) in [6, 6.07) is 19.4. The number of hydrogen-bond acceptors (Lipinski definition) is 5. The molecule has 5 nitrogen and oxygen atoms in total. The van der Waals surface area contributed by atoms with Crippen molar-refractivity contribution in [3.05, 3.63) is 84.8 Å². The summed E-state index contributed by atoms with van der Waals surface area (Å²) in [4.78, 5) is 13.1. The molecule has 5 heteroatoms. The Bertz CT molecular complexity index is 989. The van der Waals surface area contributed by atoms with Gasteiger partial charge in [-0.25, -0.2) is 4.98 Å². The predicted octanol–water partition coefficient (Wildman–Crippen LogP) is 4.35. The molecule has 0 aliphatic carbocycles. The number of anilines is 2. The molecular weight excluding hydrogens is 312 g/mol. The van der Waals surface area contributed by atoms with Crippen molar-refractivity contribution in [3.8, 4) is 5.75 Å². The molecule has 0 amide bonds. The molecule has 2 aromatic carbocycles. The van der Waals surface area contributed by atoms with Gasteiger partial charge in [-0.1, -0.05) is 24.3 Å². The van der Waals surface area contributed by atoms with E-state index in [0.29, 0.717) is 12.4 Å². The summed E-state index contributed by atoms with van der Waals surface area (Å²) in [6.45, 7) is 0.479. The van der Waals surface area contributed by atoms with Crippen molar-refractivity contribution >= 4 is 22.5 Å². The Balaban J connectivity index is 1.48. The predicted molar refractivity (Wildman–Crippen MR) is 97.8 cm³/mol. The summed E-state index contributed by atoms with van der Waals surface area (Å²) in [6.07, 6.45) is 5.27. The average molecular weight is 328 g/mol. The maximum absolute atomic E-state index is 5.82. The van der Waals surface area contributed by atoms with E-state index in [-0.39, 0.29) is 0 Å². The summed E-state index contributed by atoms with van der Waals surface area (Å²) in [5.74, 6) is 1.48. The van der Waals surface area contributed by atoms with Gasteiger partial charge in [0.05, 0.1) is 17.2 Å². The van der Waals surface area contributed by atoms with Gasteiger partial charge in [-0.3, -0.25) is 9.97 Å². The Kier molecular flexibility index (Phi) is 4.20. The second-order valence-corrected chi connectivity index (χ2v) is 5.55. The molecule has 0 saturated carbocycles. The van der Waals surface area contributed by atoms with Gasteiger partial charge in [0, 0.05) is 29.7 Å². The Hall–Kier alpha value is -3.47. The molecule has 0 atom stereocenters. The van der Waals surface area contributed by atoms with Crippen LogP contribution < -0.4 is 10.1 Å². The van der Waals surface area contributed by atoms with Crippen molar-refractivity contribution in [2.75, 3.05) is 5.32 Å². The van der Waals surface area contributed by atoms with E-state index in [2.05, 4.69) is 20.3 Å². The number of ether oxygens (including phenoxy) is 1. The summed E-state index contributed by atoms with van der Waals surface area (Å²) in [5.41, 5.74) is 3.66. The quantitative estimate of drug-likeness (QED) is 0.590. The second-order valence-electron chi connectivity index (χ2n) is 5.55. The Morgan fingerprint density at radius 3 is 2.68 bits per heavy atom. The van der Waals surface area contributed by atoms with Crippen LogP contribution in [0.1, 0.15) is 5.56 Å². The second kappa shape index (κ2) is 6.97. The van der Waals surface area contributed by atoms with E-state index in [1.165, 1.54) is 0 Å². The maximum atomic E-state index is 5.82. The van der Waals surface area contributed by atoms with E-state index in [4.69, 9.17) is 4.74 Å². The molecule has 2 heterocycles. The smallest absolute Gasteiger partial charge is 0.149 e. The molecule has 0 aliphatic heterocycles. The van der Waals surface area contributed by atoms with Gasteiger partial charge in [0.15, 0.2) is 0 Å². The largest absolute Gasteiger partial charge is 0.489 e. The Labute approximate surface area is 145 Å². The van der Waals surface area contributed by atoms with Gasteiger partial charge in [-0.15, -0.1) is 0 Å². The number of fused-ring (bicyclic) bond motifs is 1. The first-order chi connectivity index (χ1) is 12.4. The number of nitrogens with one attached hydrogen (secondary N) is 1. The van der Waals surface area contributed by atoms with Crippen LogP contribution >= 0.6 is 0 Å². The molecule has 4 aromatic rings. The van der Waals surface area contributed by atoms with Crippen molar-refractivity contribution < 1.29 is 4.74 Å². The first-order valence-corrected chi connectivity index (χ1v) is 7.97. The van der Waals surface area contributed by atoms with Crippen molar-refractivity contribution in [2.24, 2.45) is 0 Å². The number of nitrogens with zero attached hydrogens (tertiary/aromatic N) is 3.